The van der Waals surface area contributed by atoms with Gasteiger partial charge in [0.1, 0.15) is 5.92 Å². The van der Waals surface area contributed by atoms with E-state index in [0.717, 1.165) is 5.56 Å². The van der Waals surface area contributed by atoms with Crippen LogP contribution in [0.3, 0.4) is 0 Å². The molecular formula is C14H16ClNO4. The summed E-state index contributed by atoms with van der Waals surface area (Å²) in [6, 6.07) is 4.62. The normalized spacial score (nSPS) is 21.8. The van der Waals surface area contributed by atoms with Crippen molar-refractivity contribution >= 4 is 23.5 Å². The van der Waals surface area contributed by atoms with E-state index in [9.17, 15) is 9.59 Å². The molecule has 0 saturated carbocycles. The van der Waals surface area contributed by atoms with E-state index in [1.54, 1.807) is 25.2 Å². The van der Waals surface area contributed by atoms with E-state index in [2.05, 4.69) is 0 Å². The summed E-state index contributed by atoms with van der Waals surface area (Å²) in [5.41, 5.74) is 1.33. The van der Waals surface area contributed by atoms with Crippen LogP contribution in [-0.4, -0.2) is 48.2 Å². The van der Waals surface area contributed by atoms with Crippen LogP contribution in [0.4, 0.5) is 0 Å². The summed E-state index contributed by atoms with van der Waals surface area (Å²) in [5.74, 6) is -1.89. The molecule has 5 nitrogen and oxygen atoms in total. The monoisotopic (exact) mass is 297 g/mol. The topological polar surface area (TPSA) is 66.8 Å². The highest BCUT2D eigenvalue weighted by Gasteiger charge is 2.38. The predicted octanol–water partition coefficient (Wildman–Crippen LogP) is 1.82. The predicted molar refractivity (Wildman–Crippen MR) is 74.0 cm³/mol. The molecule has 2 rings (SSSR count). The average molecular weight is 298 g/mol. The minimum absolute atomic E-state index is 0.131. The van der Waals surface area contributed by atoms with Gasteiger partial charge in [-0.2, -0.15) is 0 Å². The summed E-state index contributed by atoms with van der Waals surface area (Å²) in [6.07, 6.45) is 0. The fourth-order valence-electron chi connectivity index (χ4n) is 2.37. The molecule has 0 aromatic heterocycles. The maximum Gasteiger partial charge on any atom is 0.311 e. The van der Waals surface area contributed by atoms with Crippen molar-refractivity contribution in [1.82, 2.24) is 4.90 Å². The number of carboxylic acid groups (broad SMARTS) is 1. The maximum absolute atomic E-state index is 12.4. The highest BCUT2D eigenvalue weighted by atomic mass is 35.5. The quantitative estimate of drug-likeness (QED) is 0.924. The van der Waals surface area contributed by atoms with Crippen LogP contribution in [0.5, 0.6) is 0 Å². The lowest BCUT2D eigenvalue weighted by Crippen LogP contribution is -2.44. The molecule has 1 N–H and O–H groups in total. The van der Waals surface area contributed by atoms with E-state index in [1.165, 1.54) is 4.90 Å². The number of carbonyl (C=O) groups is 2. The van der Waals surface area contributed by atoms with Crippen LogP contribution in [0, 0.1) is 12.8 Å². The molecule has 1 saturated heterocycles. The van der Waals surface area contributed by atoms with E-state index in [0.29, 0.717) is 10.6 Å². The number of hydrogen-bond acceptors (Lipinski definition) is 3. The number of rotatable bonds is 3. The van der Waals surface area contributed by atoms with Crippen LogP contribution in [0.1, 0.15) is 15.9 Å². The zero-order valence-electron chi connectivity index (χ0n) is 11.3. The first-order chi connectivity index (χ1) is 9.40. The van der Waals surface area contributed by atoms with Gasteiger partial charge < -0.3 is 14.7 Å². The Bertz CT molecular complexity index is 526. The summed E-state index contributed by atoms with van der Waals surface area (Å²) >= 11 is 5.95. The molecule has 1 aromatic carbocycles. The van der Waals surface area contributed by atoms with Crippen molar-refractivity contribution in [2.24, 2.45) is 5.92 Å². The molecular weight excluding hydrogens is 282 g/mol. The number of nitrogens with zero attached hydrogens (tertiary/aromatic N) is 1. The Labute approximate surface area is 122 Å². The van der Waals surface area contributed by atoms with Crippen molar-refractivity contribution in [2.75, 3.05) is 20.3 Å². The number of likely N-dealkylation sites (N-methyl/N-ethyl adjacent to an activating group) is 1. The third-order valence-electron chi connectivity index (χ3n) is 3.47. The van der Waals surface area contributed by atoms with Crippen molar-refractivity contribution in [3.8, 4) is 0 Å². The van der Waals surface area contributed by atoms with Crippen LogP contribution in [-0.2, 0) is 9.53 Å². The molecule has 1 aliphatic rings. The van der Waals surface area contributed by atoms with Crippen LogP contribution in [0.2, 0.25) is 5.02 Å². The highest BCUT2D eigenvalue weighted by molar-refractivity contribution is 6.31. The van der Waals surface area contributed by atoms with E-state index in [1.807, 2.05) is 6.92 Å². The summed E-state index contributed by atoms with van der Waals surface area (Å²) in [4.78, 5) is 25.0. The van der Waals surface area contributed by atoms with Gasteiger partial charge in [-0.25, -0.2) is 0 Å². The zero-order chi connectivity index (χ0) is 14.9. The summed E-state index contributed by atoms with van der Waals surface area (Å²) in [7, 11) is 1.59. The van der Waals surface area contributed by atoms with E-state index in [-0.39, 0.29) is 19.1 Å². The molecule has 2 unspecified atom stereocenters. The Balaban J connectivity index is 2.22. The second-order valence-corrected chi connectivity index (χ2v) is 5.42. The van der Waals surface area contributed by atoms with Crippen LogP contribution in [0.25, 0.3) is 0 Å². The van der Waals surface area contributed by atoms with E-state index >= 15 is 0 Å². The van der Waals surface area contributed by atoms with Crippen LogP contribution in [0.15, 0.2) is 18.2 Å². The fourth-order valence-corrected chi connectivity index (χ4v) is 2.66. The third kappa shape index (κ3) is 2.94. The van der Waals surface area contributed by atoms with Gasteiger partial charge in [-0.1, -0.05) is 11.6 Å². The Kier molecular flexibility index (Phi) is 4.30. The fraction of sp³-hybridized carbons (Fsp3) is 0.429. The van der Waals surface area contributed by atoms with Gasteiger partial charge in [-0.3, -0.25) is 9.59 Å². The highest BCUT2D eigenvalue weighted by Crippen LogP contribution is 2.22. The lowest BCUT2D eigenvalue weighted by molar-refractivity contribution is -0.142. The average Bonchev–Trinajstić information content (AvgIpc) is 2.85. The molecule has 0 bridgehead atoms. The number of carbonyl (C=O) groups excluding carboxylic acids is 1. The van der Waals surface area contributed by atoms with Crippen molar-refractivity contribution in [3.05, 3.63) is 34.3 Å². The van der Waals surface area contributed by atoms with E-state index < -0.39 is 17.9 Å². The number of benzene rings is 1. The summed E-state index contributed by atoms with van der Waals surface area (Å²) < 4.78 is 5.18. The molecule has 2 atom stereocenters. The largest absolute Gasteiger partial charge is 0.481 e. The number of halogens is 1. The molecule has 1 amide bonds. The lowest BCUT2D eigenvalue weighted by atomic mass is 10.0. The molecule has 1 fully saturated rings. The van der Waals surface area contributed by atoms with Gasteiger partial charge in [-0.05, 0) is 30.7 Å². The molecule has 0 aliphatic carbocycles. The number of aliphatic carboxylic acids is 1. The minimum atomic E-state index is -0.950. The van der Waals surface area contributed by atoms with Crippen molar-refractivity contribution in [2.45, 2.75) is 13.0 Å². The molecule has 20 heavy (non-hydrogen) atoms. The van der Waals surface area contributed by atoms with Crippen molar-refractivity contribution in [1.29, 1.82) is 0 Å². The van der Waals surface area contributed by atoms with Gasteiger partial charge in [0, 0.05) is 17.6 Å². The lowest BCUT2D eigenvalue weighted by Gasteiger charge is -2.26. The minimum Gasteiger partial charge on any atom is -0.481 e. The van der Waals surface area contributed by atoms with Crippen LogP contribution >= 0.6 is 11.6 Å². The van der Waals surface area contributed by atoms with Gasteiger partial charge in [-0.15, -0.1) is 0 Å². The van der Waals surface area contributed by atoms with Gasteiger partial charge in [0.05, 0.1) is 19.3 Å². The number of amides is 1. The molecule has 0 spiro atoms. The Hall–Kier alpha value is -1.59. The number of aryl methyl sites for hydroxylation is 1. The smallest absolute Gasteiger partial charge is 0.311 e. The zero-order valence-corrected chi connectivity index (χ0v) is 12.1. The molecule has 1 heterocycles. The SMILES string of the molecule is Cc1cc(Cl)cc(C(=O)N(C)C2COCC2C(=O)O)c1. The Morgan fingerprint density at radius 1 is 1.35 bits per heavy atom. The molecule has 1 aromatic rings. The second kappa shape index (κ2) is 5.81. The Morgan fingerprint density at radius 3 is 2.65 bits per heavy atom. The molecule has 108 valence electrons. The first-order valence-electron chi connectivity index (χ1n) is 6.25. The van der Waals surface area contributed by atoms with Gasteiger partial charge in [0.15, 0.2) is 0 Å². The van der Waals surface area contributed by atoms with E-state index in [4.69, 9.17) is 21.4 Å². The first kappa shape index (κ1) is 14.8. The summed E-state index contributed by atoms with van der Waals surface area (Å²) in [5, 5.41) is 9.62. The number of hydrogen-bond donors (Lipinski definition) is 1. The standard InChI is InChI=1S/C14H16ClNO4/c1-8-3-9(5-10(15)4-8)13(17)16(2)12-7-20-6-11(12)14(18)19/h3-5,11-12H,6-7H2,1-2H3,(H,18,19). The van der Waals surface area contributed by atoms with Gasteiger partial charge in [0.2, 0.25) is 0 Å². The van der Waals surface area contributed by atoms with Gasteiger partial charge in [0.25, 0.3) is 5.91 Å². The van der Waals surface area contributed by atoms with Crippen molar-refractivity contribution in [3.63, 3.8) is 0 Å². The molecule has 1 aliphatic heterocycles. The van der Waals surface area contributed by atoms with Crippen molar-refractivity contribution < 1.29 is 19.4 Å². The maximum atomic E-state index is 12.4. The number of carboxylic acids is 1. The number of ether oxygens (including phenoxy) is 1. The third-order valence-corrected chi connectivity index (χ3v) is 3.69. The molecule has 6 heteroatoms. The van der Waals surface area contributed by atoms with Gasteiger partial charge >= 0.3 is 5.97 Å². The Morgan fingerprint density at radius 2 is 2.05 bits per heavy atom. The summed E-state index contributed by atoms with van der Waals surface area (Å²) in [6.45, 7) is 2.21. The second-order valence-electron chi connectivity index (χ2n) is 4.98. The molecule has 0 radical (unpaired) electrons. The first-order valence-corrected chi connectivity index (χ1v) is 6.63. The van der Waals surface area contributed by atoms with Crippen LogP contribution < -0.4 is 0 Å².